The number of fused-ring (bicyclic) bond motifs is 13. The van der Waals surface area contributed by atoms with Crippen molar-refractivity contribution in [3.63, 3.8) is 0 Å². The number of hydrogen-bond donors (Lipinski definition) is 0. The average Bonchev–Trinajstić information content (AvgIpc) is 3.73. The van der Waals surface area contributed by atoms with E-state index in [-0.39, 0.29) is 0 Å². The van der Waals surface area contributed by atoms with Crippen LogP contribution in [0.3, 0.4) is 0 Å². The quantitative estimate of drug-likeness (QED) is 0.187. The number of nitrogens with zero attached hydrogens (tertiary/aromatic N) is 1. The summed E-state index contributed by atoms with van der Waals surface area (Å²) in [6.07, 6.45) is 4.12. The second-order valence-corrected chi connectivity index (χ2v) is 14.0. The second-order valence-electron chi connectivity index (χ2n) is 14.0. The minimum absolute atomic E-state index is 0.426. The number of aryl methyl sites for hydroxylation is 2. The fraction of sp³-hybridized carbons (Fsp3) is 0.0625. The third-order valence-corrected chi connectivity index (χ3v) is 11.3. The molecule has 49 heavy (non-hydrogen) atoms. The predicted molar refractivity (Wildman–Crippen MR) is 203 cm³/mol. The molecule has 0 amide bonds. The highest BCUT2D eigenvalue weighted by Crippen LogP contribution is 2.67. The van der Waals surface area contributed by atoms with Crippen molar-refractivity contribution in [1.82, 2.24) is 4.98 Å². The van der Waals surface area contributed by atoms with Crippen LogP contribution in [0.1, 0.15) is 33.4 Å². The zero-order chi connectivity index (χ0) is 32.4. The first kappa shape index (κ1) is 27.0. The molecule has 0 radical (unpaired) electrons. The van der Waals surface area contributed by atoms with Crippen molar-refractivity contribution in [2.75, 3.05) is 0 Å². The van der Waals surface area contributed by atoms with Gasteiger partial charge in [0.25, 0.3) is 0 Å². The van der Waals surface area contributed by atoms with Gasteiger partial charge in [0.2, 0.25) is 0 Å². The lowest BCUT2D eigenvalue weighted by Crippen LogP contribution is -2.26. The van der Waals surface area contributed by atoms with Gasteiger partial charge in [-0.2, -0.15) is 0 Å². The van der Waals surface area contributed by atoms with E-state index in [1.54, 1.807) is 0 Å². The predicted octanol–water partition coefficient (Wildman–Crippen LogP) is 12.2. The maximum absolute atomic E-state index is 4.96. The molecule has 1 aromatic heterocycles. The Labute approximate surface area is 286 Å². The Morgan fingerprint density at radius 2 is 0.959 bits per heavy atom. The molecule has 0 bridgehead atoms. The Kier molecular flexibility index (Phi) is 5.24. The molecule has 0 atom stereocenters. The summed E-state index contributed by atoms with van der Waals surface area (Å²) in [5.41, 5.74) is 22.9. The minimum atomic E-state index is -0.426. The molecule has 0 fully saturated rings. The van der Waals surface area contributed by atoms with Crippen molar-refractivity contribution < 1.29 is 0 Å². The van der Waals surface area contributed by atoms with Crippen molar-refractivity contribution in [3.8, 4) is 66.8 Å². The number of hydrogen-bond acceptors (Lipinski definition) is 1. The Hall–Kier alpha value is -6.05. The van der Waals surface area contributed by atoms with Crippen LogP contribution in [0.4, 0.5) is 0 Å². The standard InChI is InChI=1S/C48H31N/c1-28-21-29(2)23-31(22-28)32-24-33(27-49-26-32)45-46-38-17-10-12-30-11-9-16-36(44(30)38)39(46)25-43-47(45)37-15-5-8-20-42(37)48(43)40-18-6-3-13-34(40)35-14-4-7-19-41(35)48/h3-27H,1-2H3. The largest absolute Gasteiger partial charge is 0.263 e. The molecular formula is C48H31N. The molecule has 228 valence electrons. The van der Waals surface area contributed by atoms with E-state index >= 15 is 0 Å². The fourth-order valence-corrected chi connectivity index (χ4v) is 9.68. The van der Waals surface area contributed by atoms with Gasteiger partial charge >= 0.3 is 0 Å². The van der Waals surface area contributed by atoms with Crippen LogP contribution in [-0.2, 0) is 5.41 Å². The van der Waals surface area contributed by atoms with Crippen LogP contribution < -0.4 is 0 Å². The lowest BCUT2D eigenvalue weighted by atomic mass is 9.69. The van der Waals surface area contributed by atoms with Crippen LogP contribution in [0.5, 0.6) is 0 Å². The van der Waals surface area contributed by atoms with Crippen molar-refractivity contribution in [3.05, 3.63) is 185 Å². The summed E-state index contributed by atoms with van der Waals surface area (Å²) >= 11 is 0. The number of benzene rings is 7. The maximum Gasteiger partial charge on any atom is 0.0725 e. The first-order valence-electron chi connectivity index (χ1n) is 17.2. The van der Waals surface area contributed by atoms with E-state index in [1.165, 1.54) is 99.8 Å². The molecule has 3 aliphatic carbocycles. The molecule has 1 spiro atoms. The van der Waals surface area contributed by atoms with Gasteiger partial charge in [-0.05, 0) is 115 Å². The zero-order valence-electron chi connectivity index (χ0n) is 27.4. The van der Waals surface area contributed by atoms with Crippen LogP contribution in [0, 0.1) is 13.8 Å². The summed E-state index contributed by atoms with van der Waals surface area (Å²) in [5.74, 6) is 0. The van der Waals surface area contributed by atoms with Gasteiger partial charge in [0.15, 0.2) is 0 Å². The minimum Gasteiger partial charge on any atom is -0.263 e. The van der Waals surface area contributed by atoms with Crippen LogP contribution in [-0.4, -0.2) is 4.98 Å². The molecule has 8 aromatic rings. The normalized spacial score (nSPS) is 13.7. The molecule has 1 heterocycles. The summed E-state index contributed by atoms with van der Waals surface area (Å²) in [4.78, 5) is 4.96. The monoisotopic (exact) mass is 621 g/mol. The summed E-state index contributed by atoms with van der Waals surface area (Å²) < 4.78 is 0. The molecule has 11 rings (SSSR count). The van der Waals surface area contributed by atoms with Crippen LogP contribution in [0.15, 0.2) is 152 Å². The van der Waals surface area contributed by atoms with Gasteiger partial charge in [-0.25, -0.2) is 0 Å². The van der Waals surface area contributed by atoms with Gasteiger partial charge in [0.1, 0.15) is 0 Å². The average molecular weight is 622 g/mol. The van der Waals surface area contributed by atoms with Crippen molar-refractivity contribution in [2.45, 2.75) is 19.3 Å². The first-order valence-corrected chi connectivity index (χ1v) is 17.2. The van der Waals surface area contributed by atoms with Gasteiger partial charge in [-0.1, -0.05) is 139 Å². The van der Waals surface area contributed by atoms with Gasteiger partial charge in [0, 0.05) is 23.5 Å². The Bertz CT molecular complexity index is 2670. The Morgan fingerprint density at radius 3 is 1.65 bits per heavy atom. The van der Waals surface area contributed by atoms with Crippen LogP contribution >= 0.6 is 0 Å². The maximum atomic E-state index is 4.96. The third-order valence-electron chi connectivity index (χ3n) is 11.3. The lowest BCUT2D eigenvalue weighted by molar-refractivity contribution is 0.794. The van der Waals surface area contributed by atoms with E-state index in [1.807, 2.05) is 6.20 Å². The smallest absolute Gasteiger partial charge is 0.0725 e. The van der Waals surface area contributed by atoms with Crippen molar-refractivity contribution in [1.29, 1.82) is 0 Å². The molecule has 0 aliphatic heterocycles. The molecule has 0 N–H and O–H groups in total. The van der Waals surface area contributed by atoms with Crippen LogP contribution in [0.2, 0.25) is 0 Å². The van der Waals surface area contributed by atoms with Gasteiger partial charge in [0.05, 0.1) is 5.41 Å². The molecular weight excluding hydrogens is 591 g/mol. The van der Waals surface area contributed by atoms with Crippen molar-refractivity contribution >= 4 is 10.8 Å². The molecule has 0 unspecified atom stereocenters. The van der Waals surface area contributed by atoms with E-state index in [9.17, 15) is 0 Å². The number of rotatable bonds is 2. The summed E-state index contributed by atoms with van der Waals surface area (Å²) in [6.45, 7) is 4.35. The first-order chi connectivity index (χ1) is 24.1. The van der Waals surface area contributed by atoms with Crippen molar-refractivity contribution in [2.24, 2.45) is 0 Å². The van der Waals surface area contributed by atoms with E-state index in [0.717, 1.165) is 11.1 Å². The van der Waals surface area contributed by atoms with Gasteiger partial charge in [-0.15, -0.1) is 0 Å². The Balaban J connectivity index is 1.33. The second kappa shape index (κ2) is 9.52. The summed E-state index contributed by atoms with van der Waals surface area (Å²) in [5, 5.41) is 2.63. The highest BCUT2D eigenvalue weighted by atomic mass is 14.6. The van der Waals surface area contributed by atoms with E-state index in [2.05, 4.69) is 160 Å². The number of pyridine rings is 1. The zero-order valence-corrected chi connectivity index (χ0v) is 27.4. The van der Waals surface area contributed by atoms with E-state index < -0.39 is 5.41 Å². The lowest BCUT2D eigenvalue weighted by Gasteiger charge is -2.31. The van der Waals surface area contributed by atoms with E-state index in [4.69, 9.17) is 4.98 Å². The third kappa shape index (κ3) is 3.37. The molecule has 7 aromatic carbocycles. The van der Waals surface area contributed by atoms with E-state index in [0.29, 0.717) is 0 Å². The molecule has 0 saturated heterocycles. The highest BCUT2D eigenvalue weighted by molar-refractivity contribution is 6.21. The number of aromatic nitrogens is 1. The highest BCUT2D eigenvalue weighted by Gasteiger charge is 2.53. The molecule has 1 heteroatoms. The fourth-order valence-electron chi connectivity index (χ4n) is 9.68. The van der Waals surface area contributed by atoms with Gasteiger partial charge < -0.3 is 0 Å². The summed E-state index contributed by atoms with van der Waals surface area (Å²) in [7, 11) is 0. The molecule has 3 aliphatic rings. The topological polar surface area (TPSA) is 12.9 Å². The summed E-state index contributed by atoms with van der Waals surface area (Å²) in [6, 6.07) is 52.7. The molecule has 0 saturated carbocycles. The Morgan fingerprint density at radius 1 is 0.388 bits per heavy atom. The SMILES string of the molecule is Cc1cc(C)cc(-c2cncc(-c3c4c(cc5c3-c3ccccc3C53c5ccccc5-c5ccccc53)-c3cccc5cccc-4c35)c2)c1. The van der Waals surface area contributed by atoms with Gasteiger partial charge in [-0.3, -0.25) is 4.98 Å². The molecule has 1 nitrogen and oxygen atoms in total. The van der Waals surface area contributed by atoms with Crippen LogP contribution in [0.25, 0.3) is 77.5 Å².